The first kappa shape index (κ1) is 15.9. The van der Waals surface area contributed by atoms with Gasteiger partial charge in [0.2, 0.25) is 0 Å². The van der Waals surface area contributed by atoms with Gasteiger partial charge in [0.15, 0.2) is 0 Å². The van der Waals surface area contributed by atoms with Crippen molar-refractivity contribution >= 4 is 12.4 Å². The molecule has 0 bridgehead atoms. The van der Waals surface area contributed by atoms with Gasteiger partial charge in [-0.25, -0.2) is 9.07 Å². The summed E-state index contributed by atoms with van der Waals surface area (Å²) in [4.78, 5) is 2.35. The van der Waals surface area contributed by atoms with Gasteiger partial charge < -0.3 is 5.73 Å². The Labute approximate surface area is 130 Å². The van der Waals surface area contributed by atoms with E-state index in [-0.39, 0.29) is 24.3 Å². The largest absolute Gasteiger partial charge is 0.326 e. The lowest BCUT2D eigenvalue weighted by Crippen LogP contribution is -2.28. The van der Waals surface area contributed by atoms with Crippen LogP contribution in [0, 0.1) is 11.7 Å². The summed E-state index contributed by atoms with van der Waals surface area (Å²) in [7, 11) is 0. The Hall–Kier alpha value is -1.43. The summed E-state index contributed by atoms with van der Waals surface area (Å²) in [6, 6.07) is 6.59. The summed E-state index contributed by atoms with van der Waals surface area (Å²) in [6.07, 6.45) is 3.85. The summed E-state index contributed by atoms with van der Waals surface area (Å²) in [6.45, 7) is 5.01. The molecule has 1 aliphatic rings. The first-order valence-electron chi connectivity index (χ1n) is 6.89. The zero-order valence-corrected chi connectivity index (χ0v) is 12.8. The highest BCUT2D eigenvalue weighted by Crippen LogP contribution is 2.18. The Morgan fingerprint density at radius 2 is 2.00 bits per heavy atom. The Kier molecular flexibility index (Phi) is 4.98. The molecule has 1 aromatic heterocycles. The Bertz CT molecular complexity index is 574. The lowest BCUT2D eigenvalue weighted by atomic mass is 10.1. The molecule has 6 heteroatoms. The van der Waals surface area contributed by atoms with Gasteiger partial charge in [-0.05, 0) is 30.2 Å². The zero-order valence-electron chi connectivity index (χ0n) is 11.9. The number of hydrogen-bond acceptors (Lipinski definition) is 3. The molecule has 21 heavy (non-hydrogen) atoms. The molecule has 2 N–H and O–H groups in total. The van der Waals surface area contributed by atoms with Crippen molar-refractivity contribution < 1.29 is 4.39 Å². The molecule has 1 aromatic carbocycles. The van der Waals surface area contributed by atoms with E-state index >= 15 is 0 Å². The Morgan fingerprint density at radius 1 is 1.29 bits per heavy atom. The molecule has 1 fully saturated rings. The Balaban J connectivity index is 0.00000161. The number of hydrogen-bond donors (Lipinski definition) is 1. The lowest BCUT2D eigenvalue weighted by molar-refractivity contribution is 0.319. The molecule has 1 aliphatic heterocycles. The third-order valence-electron chi connectivity index (χ3n) is 3.88. The minimum absolute atomic E-state index is 0. The summed E-state index contributed by atoms with van der Waals surface area (Å²) in [5.74, 6) is 0.309. The number of benzene rings is 1. The van der Waals surface area contributed by atoms with Crippen molar-refractivity contribution in [3.05, 3.63) is 48.0 Å². The summed E-state index contributed by atoms with van der Waals surface area (Å²) >= 11 is 0. The van der Waals surface area contributed by atoms with E-state index in [1.807, 2.05) is 12.4 Å². The maximum Gasteiger partial charge on any atom is 0.123 e. The predicted molar refractivity (Wildman–Crippen MR) is 83.2 cm³/mol. The number of likely N-dealkylation sites (tertiary alicyclic amines) is 1. The number of aromatic nitrogens is 2. The highest BCUT2D eigenvalue weighted by Gasteiger charge is 2.26. The first-order valence-corrected chi connectivity index (χ1v) is 6.89. The number of nitrogens with two attached hydrogens (primary N) is 1. The molecule has 0 saturated carbocycles. The topological polar surface area (TPSA) is 47.1 Å². The summed E-state index contributed by atoms with van der Waals surface area (Å²) in [5, 5.41) is 4.33. The van der Waals surface area contributed by atoms with E-state index in [9.17, 15) is 4.39 Å². The van der Waals surface area contributed by atoms with Crippen molar-refractivity contribution in [3.63, 3.8) is 0 Å². The van der Waals surface area contributed by atoms with Gasteiger partial charge >= 0.3 is 0 Å². The summed E-state index contributed by atoms with van der Waals surface area (Å²) in [5.41, 5.74) is 8.05. The van der Waals surface area contributed by atoms with Crippen molar-refractivity contribution in [2.45, 2.75) is 19.5 Å². The van der Waals surface area contributed by atoms with Gasteiger partial charge in [0, 0.05) is 37.4 Å². The zero-order chi connectivity index (χ0) is 14.1. The fraction of sp³-hybridized carbons (Fsp3) is 0.400. The van der Waals surface area contributed by atoms with Crippen LogP contribution < -0.4 is 5.73 Å². The lowest BCUT2D eigenvalue weighted by Gasteiger charge is -2.13. The predicted octanol–water partition coefficient (Wildman–Crippen LogP) is 2.21. The normalized spacial score (nSPS) is 22.2. The van der Waals surface area contributed by atoms with E-state index in [1.165, 1.54) is 12.1 Å². The van der Waals surface area contributed by atoms with Crippen LogP contribution in [0.15, 0.2) is 36.7 Å². The van der Waals surface area contributed by atoms with Gasteiger partial charge in [-0.15, -0.1) is 12.4 Å². The first-order chi connectivity index (χ1) is 9.61. The number of rotatable bonds is 3. The van der Waals surface area contributed by atoms with Gasteiger partial charge in [-0.3, -0.25) is 4.90 Å². The molecule has 2 unspecified atom stereocenters. The molecule has 114 valence electrons. The molecule has 4 nitrogen and oxygen atoms in total. The van der Waals surface area contributed by atoms with Crippen LogP contribution >= 0.6 is 12.4 Å². The Morgan fingerprint density at radius 3 is 2.62 bits per heavy atom. The van der Waals surface area contributed by atoms with Crippen LogP contribution in [0.4, 0.5) is 4.39 Å². The van der Waals surface area contributed by atoms with E-state index in [0.717, 1.165) is 30.9 Å². The van der Waals surface area contributed by atoms with Gasteiger partial charge in [0.05, 0.1) is 11.9 Å². The van der Waals surface area contributed by atoms with Crippen LogP contribution in [0.25, 0.3) is 5.69 Å². The molecule has 0 amide bonds. The number of halogens is 2. The van der Waals surface area contributed by atoms with Crippen molar-refractivity contribution in [3.8, 4) is 5.69 Å². The highest BCUT2D eigenvalue weighted by molar-refractivity contribution is 5.85. The smallest absolute Gasteiger partial charge is 0.123 e. The third kappa shape index (κ3) is 3.61. The molecule has 0 radical (unpaired) electrons. The van der Waals surface area contributed by atoms with Crippen LogP contribution in [-0.4, -0.2) is 33.8 Å². The molecular formula is C15H20ClFN4. The van der Waals surface area contributed by atoms with Gasteiger partial charge in [0.1, 0.15) is 5.82 Å². The molecule has 2 atom stereocenters. The van der Waals surface area contributed by atoms with E-state index in [4.69, 9.17) is 5.73 Å². The van der Waals surface area contributed by atoms with E-state index in [1.54, 1.807) is 16.8 Å². The van der Waals surface area contributed by atoms with Crippen molar-refractivity contribution in [1.29, 1.82) is 0 Å². The van der Waals surface area contributed by atoms with Crippen LogP contribution in [0.3, 0.4) is 0 Å². The maximum absolute atomic E-state index is 12.9. The molecule has 3 rings (SSSR count). The van der Waals surface area contributed by atoms with E-state index in [0.29, 0.717) is 5.92 Å². The molecule has 2 aromatic rings. The average Bonchev–Trinajstić information content (AvgIpc) is 2.99. The molecule has 2 heterocycles. The van der Waals surface area contributed by atoms with Crippen LogP contribution in [-0.2, 0) is 6.54 Å². The minimum Gasteiger partial charge on any atom is -0.326 e. The third-order valence-corrected chi connectivity index (χ3v) is 3.88. The fourth-order valence-corrected chi connectivity index (χ4v) is 2.66. The van der Waals surface area contributed by atoms with Crippen molar-refractivity contribution in [1.82, 2.24) is 14.7 Å². The summed E-state index contributed by atoms with van der Waals surface area (Å²) < 4.78 is 14.7. The SMILES string of the molecule is CC1CN(Cc2cnn(-c3ccc(F)cc3)c2)CC1N.Cl. The minimum atomic E-state index is -0.235. The molecule has 0 spiro atoms. The van der Waals surface area contributed by atoms with Crippen LogP contribution in [0.2, 0.25) is 0 Å². The van der Waals surface area contributed by atoms with E-state index < -0.39 is 0 Å². The second-order valence-electron chi connectivity index (χ2n) is 5.60. The van der Waals surface area contributed by atoms with Gasteiger partial charge in [0.25, 0.3) is 0 Å². The van der Waals surface area contributed by atoms with Crippen molar-refractivity contribution in [2.24, 2.45) is 11.7 Å². The molecule has 0 aliphatic carbocycles. The molecular weight excluding hydrogens is 291 g/mol. The van der Waals surface area contributed by atoms with Crippen LogP contribution in [0.1, 0.15) is 12.5 Å². The fourth-order valence-electron chi connectivity index (χ4n) is 2.66. The monoisotopic (exact) mass is 310 g/mol. The quantitative estimate of drug-likeness (QED) is 0.945. The second-order valence-corrected chi connectivity index (χ2v) is 5.60. The molecule has 1 saturated heterocycles. The number of nitrogens with zero attached hydrogens (tertiary/aromatic N) is 3. The van der Waals surface area contributed by atoms with E-state index in [2.05, 4.69) is 16.9 Å². The van der Waals surface area contributed by atoms with Gasteiger partial charge in [-0.2, -0.15) is 5.10 Å². The van der Waals surface area contributed by atoms with Crippen molar-refractivity contribution in [2.75, 3.05) is 13.1 Å². The van der Waals surface area contributed by atoms with Crippen LogP contribution in [0.5, 0.6) is 0 Å². The average molecular weight is 311 g/mol. The van der Waals surface area contributed by atoms with Gasteiger partial charge in [-0.1, -0.05) is 6.92 Å². The standard InChI is InChI=1S/C15H19FN4.ClH/c1-11-7-19(10-15(11)17)8-12-6-18-20(9-12)14-4-2-13(16)3-5-14;/h2-6,9,11,15H,7-8,10,17H2,1H3;1H. The second kappa shape index (κ2) is 6.56. The highest BCUT2D eigenvalue weighted by atomic mass is 35.5. The maximum atomic E-state index is 12.9.